The Morgan fingerprint density at radius 1 is 1.40 bits per heavy atom. The zero-order valence-electron chi connectivity index (χ0n) is 9.63. The van der Waals surface area contributed by atoms with Crippen LogP contribution in [0.25, 0.3) is 0 Å². The monoisotopic (exact) mass is 270 g/mol. The predicted molar refractivity (Wildman–Crippen MR) is 69.8 cm³/mol. The first kappa shape index (κ1) is 12.5. The van der Waals surface area contributed by atoms with Gasteiger partial charge in [-0.3, -0.25) is 4.90 Å². The Bertz CT molecular complexity index is 303. The summed E-state index contributed by atoms with van der Waals surface area (Å²) in [7, 11) is 0. The molecule has 0 aromatic heterocycles. The number of halogens is 1. The Hall–Kier alpha value is -0.540. The minimum atomic E-state index is 0.543. The summed E-state index contributed by atoms with van der Waals surface area (Å²) in [6.45, 7) is 8.53. The molecule has 0 unspecified atom stereocenters. The Morgan fingerprint density at radius 3 is 2.53 bits per heavy atom. The largest absolute Gasteiger partial charge is 0.398 e. The van der Waals surface area contributed by atoms with E-state index in [-0.39, 0.29) is 0 Å². The fraction of sp³-hybridized carbons (Fsp3) is 0.500. The van der Waals surface area contributed by atoms with E-state index in [1.165, 1.54) is 5.56 Å². The van der Waals surface area contributed by atoms with Gasteiger partial charge < -0.3 is 5.73 Å². The van der Waals surface area contributed by atoms with Gasteiger partial charge in [0.05, 0.1) is 0 Å². The van der Waals surface area contributed by atoms with E-state index in [0.717, 1.165) is 23.2 Å². The summed E-state index contributed by atoms with van der Waals surface area (Å²) in [4.78, 5) is 2.39. The molecule has 3 heteroatoms. The van der Waals surface area contributed by atoms with Crippen molar-refractivity contribution in [2.24, 2.45) is 0 Å². The van der Waals surface area contributed by atoms with Crippen LogP contribution in [0, 0.1) is 0 Å². The van der Waals surface area contributed by atoms with Gasteiger partial charge in [-0.1, -0.05) is 28.9 Å². The van der Waals surface area contributed by atoms with E-state index in [4.69, 9.17) is 5.73 Å². The van der Waals surface area contributed by atoms with Gasteiger partial charge in [-0.05, 0) is 32.5 Å². The molecule has 0 amide bonds. The minimum Gasteiger partial charge on any atom is -0.398 e. The lowest BCUT2D eigenvalue weighted by molar-refractivity contribution is 0.225. The summed E-state index contributed by atoms with van der Waals surface area (Å²) in [5.41, 5.74) is 8.02. The SMILES string of the molecule is CCN(Cc1c(N)cccc1Br)C(C)C. The maximum Gasteiger partial charge on any atom is 0.0371 e. The number of hydrogen-bond acceptors (Lipinski definition) is 2. The molecule has 2 N–H and O–H groups in total. The summed E-state index contributed by atoms with van der Waals surface area (Å²) in [6.07, 6.45) is 0. The summed E-state index contributed by atoms with van der Waals surface area (Å²) < 4.78 is 1.10. The van der Waals surface area contributed by atoms with Crippen LogP contribution < -0.4 is 5.73 Å². The smallest absolute Gasteiger partial charge is 0.0371 e. The lowest BCUT2D eigenvalue weighted by Crippen LogP contribution is -2.30. The fourth-order valence-electron chi connectivity index (χ4n) is 1.60. The van der Waals surface area contributed by atoms with Crippen LogP contribution in [0.1, 0.15) is 26.3 Å². The quantitative estimate of drug-likeness (QED) is 0.852. The van der Waals surface area contributed by atoms with Crippen molar-refractivity contribution in [3.8, 4) is 0 Å². The molecule has 2 nitrogen and oxygen atoms in total. The lowest BCUT2D eigenvalue weighted by atomic mass is 10.1. The second-order valence-electron chi connectivity index (χ2n) is 3.96. The molecule has 0 radical (unpaired) electrons. The van der Waals surface area contributed by atoms with E-state index in [0.29, 0.717) is 6.04 Å². The first-order valence-corrected chi connectivity index (χ1v) is 6.12. The molecule has 1 rings (SSSR count). The summed E-state index contributed by atoms with van der Waals surface area (Å²) in [5.74, 6) is 0. The van der Waals surface area contributed by atoms with Crippen LogP contribution in [0.3, 0.4) is 0 Å². The van der Waals surface area contributed by atoms with Gasteiger partial charge in [-0.25, -0.2) is 0 Å². The van der Waals surface area contributed by atoms with Crippen molar-refractivity contribution >= 4 is 21.6 Å². The molecule has 0 saturated carbocycles. The normalized spacial score (nSPS) is 11.3. The number of nitrogens with zero attached hydrogens (tertiary/aromatic N) is 1. The average Bonchev–Trinajstić information content (AvgIpc) is 2.17. The minimum absolute atomic E-state index is 0.543. The van der Waals surface area contributed by atoms with Crippen molar-refractivity contribution in [2.75, 3.05) is 12.3 Å². The van der Waals surface area contributed by atoms with Crippen molar-refractivity contribution in [3.05, 3.63) is 28.2 Å². The predicted octanol–water partition coefficient (Wildman–Crippen LogP) is 3.26. The standard InChI is InChI=1S/C12H19BrN2/c1-4-15(9(2)3)8-10-11(13)6-5-7-12(10)14/h5-7,9H,4,8,14H2,1-3H3. The van der Waals surface area contributed by atoms with Gasteiger partial charge in [0.25, 0.3) is 0 Å². The summed E-state index contributed by atoms with van der Waals surface area (Å²) in [5, 5.41) is 0. The van der Waals surface area contributed by atoms with Gasteiger partial charge in [-0.15, -0.1) is 0 Å². The van der Waals surface area contributed by atoms with Crippen LogP contribution >= 0.6 is 15.9 Å². The van der Waals surface area contributed by atoms with Crippen LogP contribution in [0.4, 0.5) is 5.69 Å². The third kappa shape index (κ3) is 3.21. The van der Waals surface area contributed by atoms with E-state index >= 15 is 0 Å². The third-order valence-corrected chi connectivity index (χ3v) is 3.40. The van der Waals surface area contributed by atoms with Gasteiger partial charge in [-0.2, -0.15) is 0 Å². The van der Waals surface area contributed by atoms with E-state index in [2.05, 4.69) is 41.6 Å². The lowest BCUT2D eigenvalue weighted by Gasteiger charge is -2.25. The summed E-state index contributed by atoms with van der Waals surface area (Å²) >= 11 is 3.55. The maximum absolute atomic E-state index is 5.97. The van der Waals surface area contributed by atoms with Gasteiger partial charge in [0.15, 0.2) is 0 Å². The molecular weight excluding hydrogens is 252 g/mol. The number of nitrogens with two attached hydrogens (primary N) is 1. The second kappa shape index (κ2) is 5.52. The highest BCUT2D eigenvalue weighted by molar-refractivity contribution is 9.10. The molecule has 1 aromatic rings. The molecule has 0 heterocycles. The van der Waals surface area contributed by atoms with Crippen molar-refractivity contribution in [3.63, 3.8) is 0 Å². The van der Waals surface area contributed by atoms with Crippen LogP contribution in [0.15, 0.2) is 22.7 Å². The Balaban J connectivity index is 2.87. The molecule has 0 bridgehead atoms. The molecular formula is C12H19BrN2. The Labute approximate surface area is 101 Å². The molecule has 0 atom stereocenters. The van der Waals surface area contributed by atoms with Crippen LogP contribution in [0.5, 0.6) is 0 Å². The molecule has 0 saturated heterocycles. The van der Waals surface area contributed by atoms with Gasteiger partial charge in [0, 0.05) is 28.3 Å². The van der Waals surface area contributed by atoms with Gasteiger partial charge in [0.1, 0.15) is 0 Å². The highest BCUT2D eigenvalue weighted by atomic mass is 79.9. The Morgan fingerprint density at radius 2 is 2.07 bits per heavy atom. The van der Waals surface area contributed by atoms with E-state index in [1.807, 2.05) is 18.2 Å². The van der Waals surface area contributed by atoms with Gasteiger partial charge in [0.2, 0.25) is 0 Å². The van der Waals surface area contributed by atoms with Crippen LogP contribution in [-0.4, -0.2) is 17.5 Å². The summed E-state index contributed by atoms with van der Waals surface area (Å²) in [6, 6.07) is 6.50. The number of benzene rings is 1. The van der Waals surface area contributed by atoms with Crippen molar-refractivity contribution in [1.82, 2.24) is 4.90 Å². The zero-order valence-corrected chi connectivity index (χ0v) is 11.2. The van der Waals surface area contributed by atoms with Crippen molar-refractivity contribution < 1.29 is 0 Å². The van der Waals surface area contributed by atoms with Crippen molar-refractivity contribution in [1.29, 1.82) is 0 Å². The molecule has 0 aliphatic carbocycles. The molecule has 0 fully saturated rings. The highest BCUT2D eigenvalue weighted by Crippen LogP contribution is 2.24. The molecule has 84 valence electrons. The third-order valence-electron chi connectivity index (χ3n) is 2.65. The molecule has 0 aliphatic heterocycles. The highest BCUT2D eigenvalue weighted by Gasteiger charge is 2.11. The fourth-order valence-corrected chi connectivity index (χ4v) is 2.11. The number of anilines is 1. The number of hydrogen-bond donors (Lipinski definition) is 1. The molecule has 0 aliphatic rings. The number of nitrogen functional groups attached to an aromatic ring is 1. The first-order valence-electron chi connectivity index (χ1n) is 5.33. The molecule has 1 aromatic carbocycles. The van der Waals surface area contributed by atoms with E-state index in [1.54, 1.807) is 0 Å². The number of rotatable bonds is 4. The van der Waals surface area contributed by atoms with E-state index in [9.17, 15) is 0 Å². The second-order valence-corrected chi connectivity index (χ2v) is 4.82. The zero-order chi connectivity index (χ0) is 11.4. The van der Waals surface area contributed by atoms with Crippen LogP contribution in [0.2, 0.25) is 0 Å². The van der Waals surface area contributed by atoms with E-state index < -0.39 is 0 Å². The Kier molecular flexibility index (Phi) is 4.61. The van der Waals surface area contributed by atoms with Crippen molar-refractivity contribution in [2.45, 2.75) is 33.4 Å². The molecule has 15 heavy (non-hydrogen) atoms. The average molecular weight is 271 g/mol. The first-order chi connectivity index (χ1) is 7.06. The maximum atomic E-state index is 5.97. The molecule has 0 spiro atoms. The topological polar surface area (TPSA) is 29.3 Å². The van der Waals surface area contributed by atoms with Gasteiger partial charge >= 0.3 is 0 Å². The van der Waals surface area contributed by atoms with Crippen LogP contribution in [-0.2, 0) is 6.54 Å².